The van der Waals surface area contributed by atoms with Gasteiger partial charge in [-0.05, 0) is 15.9 Å². The fourth-order valence-corrected chi connectivity index (χ4v) is 1.72. The topological polar surface area (TPSA) is 29.0 Å². The highest BCUT2D eigenvalue weighted by Crippen LogP contribution is 2.29. The summed E-state index contributed by atoms with van der Waals surface area (Å²) in [5, 5.41) is 0. The van der Waals surface area contributed by atoms with E-state index in [2.05, 4.69) is 25.9 Å². The minimum absolute atomic E-state index is 0.110. The molecule has 0 N–H and O–H groups in total. The van der Waals surface area contributed by atoms with Crippen LogP contribution in [0.1, 0.15) is 6.42 Å². The van der Waals surface area contributed by atoms with E-state index in [1.54, 1.807) is 0 Å². The lowest BCUT2D eigenvalue weighted by molar-refractivity contribution is 0.0256. The normalized spacial score (nSPS) is 20.1. The average molecular weight is 264 g/mol. The van der Waals surface area contributed by atoms with Crippen LogP contribution in [-0.4, -0.2) is 29.0 Å². The molecule has 0 spiro atoms. The van der Waals surface area contributed by atoms with Crippen molar-refractivity contribution in [2.45, 2.75) is 12.3 Å². The summed E-state index contributed by atoms with van der Waals surface area (Å²) < 4.78 is 26.3. The minimum Gasteiger partial charge on any atom is -0.349 e. The quantitative estimate of drug-likeness (QED) is 0.777. The Labute approximate surface area is 88.3 Å². The summed E-state index contributed by atoms with van der Waals surface area (Å²) in [5.41, 5.74) is 0. The van der Waals surface area contributed by atoms with Crippen molar-refractivity contribution in [3.8, 4) is 0 Å². The van der Waals surface area contributed by atoms with Crippen LogP contribution in [0.4, 0.5) is 14.6 Å². The number of alkyl halides is 2. The first-order chi connectivity index (χ1) is 6.57. The van der Waals surface area contributed by atoms with Crippen LogP contribution in [0.25, 0.3) is 0 Å². The molecule has 0 aliphatic carbocycles. The molecule has 1 fully saturated rings. The second-order valence-corrected chi connectivity index (χ2v) is 4.04. The van der Waals surface area contributed by atoms with Gasteiger partial charge in [0.05, 0.1) is 18.9 Å². The molecule has 6 heteroatoms. The Balaban J connectivity index is 2.17. The van der Waals surface area contributed by atoms with E-state index in [0.29, 0.717) is 17.0 Å². The van der Waals surface area contributed by atoms with Gasteiger partial charge in [-0.25, -0.2) is 13.8 Å². The second-order valence-electron chi connectivity index (χ2n) is 3.23. The third-order valence-corrected chi connectivity index (χ3v) is 2.47. The molecule has 1 saturated heterocycles. The monoisotopic (exact) mass is 263 g/mol. The van der Waals surface area contributed by atoms with E-state index >= 15 is 0 Å². The molecule has 1 aromatic rings. The Kier molecular flexibility index (Phi) is 2.38. The molecule has 0 unspecified atom stereocenters. The highest BCUT2D eigenvalue weighted by Gasteiger charge is 2.38. The van der Waals surface area contributed by atoms with Crippen LogP contribution in [0.15, 0.2) is 17.0 Å². The molecule has 1 aliphatic heterocycles. The molecule has 0 saturated carbocycles. The Morgan fingerprint density at radius 2 is 2.21 bits per heavy atom. The molecule has 2 rings (SSSR count). The van der Waals surface area contributed by atoms with Gasteiger partial charge in [0.25, 0.3) is 5.92 Å². The Hall–Kier alpha value is -0.780. The highest BCUT2D eigenvalue weighted by molar-refractivity contribution is 9.10. The summed E-state index contributed by atoms with van der Waals surface area (Å²) in [6, 6.07) is 0. The first kappa shape index (κ1) is 9.76. The third-order valence-electron chi connectivity index (χ3n) is 2.09. The van der Waals surface area contributed by atoms with Gasteiger partial charge >= 0.3 is 0 Å². The molecule has 0 aromatic carbocycles. The first-order valence-corrected chi connectivity index (χ1v) is 4.96. The van der Waals surface area contributed by atoms with Crippen LogP contribution < -0.4 is 4.90 Å². The van der Waals surface area contributed by atoms with E-state index in [1.165, 1.54) is 17.3 Å². The van der Waals surface area contributed by atoms with Gasteiger partial charge in [-0.3, -0.25) is 4.98 Å². The fourth-order valence-electron chi connectivity index (χ4n) is 1.42. The minimum atomic E-state index is -2.59. The van der Waals surface area contributed by atoms with E-state index in [1.807, 2.05) is 0 Å². The summed E-state index contributed by atoms with van der Waals surface area (Å²) in [7, 11) is 0. The zero-order chi connectivity index (χ0) is 10.2. The molecule has 2 heterocycles. The van der Waals surface area contributed by atoms with Crippen molar-refractivity contribution < 1.29 is 8.78 Å². The molecule has 0 amide bonds. The summed E-state index contributed by atoms with van der Waals surface area (Å²) in [6.45, 7) is 0.0657. The van der Waals surface area contributed by atoms with E-state index in [9.17, 15) is 8.78 Å². The number of anilines is 1. The number of aromatic nitrogens is 2. The zero-order valence-corrected chi connectivity index (χ0v) is 8.84. The number of hydrogen-bond donors (Lipinski definition) is 0. The van der Waals surface area contributed by atoms with Gasteiger partial charge in [0.1, 0.15) is 10.4 Å². The van der Waals surface area contributed by atoms with Gasteiger partial charge in [0.2, 0.25) is 0 Å². The molecule has 76 valence electrons. The van der Waals surface area contributed by atoms with Gasteiger partial charge in [-0.2, -0.15) is 0 Å². The van der Waals surface area contributed by atoms with Crippen LogP contribution in [0, 0.1) is 0 Å². The van der Waals surface area contributed by atoms with Crippen molar-refractivity contribution >= 4 is 21.7 Å². The summed E-state index contributed by atoms with van der Waals surface area (Å²) in [6.07, 6.45) is 2.91. The summed E-state index contributed by atoms with van der Waals surface area (Å²) in [4.78, 5) is 9.49. The van der Waals surface area contributed by atoms with Crippen molar-refractivity contribution in [2.24, 2.45) is 0 Å². The molecule has 3 nitrogen and oxygen atoms in total. The maximum Gasteiger partial charge on any atom is 0.266 e. The number of hydrogen-bond acceptors (Lipinski definition) is 3. The van der Waals surface area contributed by atoms with Crippen molar-refractivity contribution in [1.82, 2.24) is 9.97 Å². The maximum atomic E-state index is 12.9. The summed E-state index contributed by atoms with van der Waals surface area (Å²) >= 11 is 3.15. The SMILES string of the molecule is FC1(F)CCN(c2cncc(Br)n2)C1. The largest absolute Gasteiger partial charge is 0.349 e. The van der Waals surface area contributed by atoms with Gasteiger partial charge in [0, 0.05) is 13.0 Å². The number of rotatable bonds is 1. The predicted octanol–water partition coefficient (Wildman–Crippen LogP) is 2.08. The average Bonchev–Trinajstić information content (AvgIpc) is 2.46. The number of nitrogens with zero attached hydrogens (tertiary/aromatic N) is 3. The van der Waals surface area contributed by atoms with Crippen molar-refractivity contribution in [3.63, 3.8) is 0 Å². The number of halogens is 3. The van der Waals surface area contributed by atoms with E-state index in [-0.39, 0.29) is 13.0 Å². The van der Waals surface area contributed by atoms with E-state index < -0.39 is 5.92 Å². The Morgan fingerprint density at radius 1 is 1.43 bits per heavy atom. The van der Waals surface area contributed by atoms with Crippen LogP contribution in [0.3, 0.4) is 0 Å². The van der Waals surface area contributed by atoms with E-state index in [0.717, 1.165) is 0 Å². The van der Waals surface area contributed by atoms with Crippen molar-refractivity contribution in [3.05, 3.63) is 17.0 Å². The lowest BCUT2D eigenvalue weighted by atomic mass is 10.3. The molecule has 0 bridgehead atoms. The van der Waals surface area contributed by atoms with Crippen molar-refractivity contribution in [2.75, 3.05) is 18.0 Å². The fraction of sp³-hybridized carbons (Fsp3) is 0.500. The van der Waals surface area contributed by atoms with Crippen LogP contribution in [-0.2, 0) is 0 Å². The second kappa shape index (κ2) is 3.42. The highest BCUT2D eigenvalue weighted by atomic mass is 79.9. The molecular weight excluding hydrogens is 256 g/mol. The Morgan fingerprint density at radius 3 is 2.79 bits per heavy atom. The molecule has 0 atom stereocenters. The smallest absolute Gasteiger partial charge is 0.266 e. The molecule has 14 heavy (non-hydrogen) atoms. The van der Waals surface area contributed by atoms with Crippen LogP contribution in [0.2, 0.25) is 0 Å². The molecule has 0 radical (unpaired) electrons. The lowest BCUT2D eigenvalue weighted by Crippen LogP contribution is -2.25. The zero-order valence-electron chi connectivity index (χ0n) is 7.25. The van der Waals surface area contributed by atoms with Crippen LogP contribution in [0.5, 0.6) is 0 Å². The Bertz CT molecular complexity index is 345. The molecular formula is C8H8BrF2N3. The standard InChI is InChI=1S/C8H8BrF2N3/c9-6-3-12-4-7(13-6)14-2-1-8(10,11)5-14/h3-4H,1-2,5H2. The van der Waals surface area contributed by atoms with Gasteiger partial charge in [0.15, 0.2) is 0 Å². The lowest BCUT2D eigenvalue weighted by Gasteiger charge is -2.16. The van der Waals surface area contributed by atoms with Gasteiger partial charge in [-0.1, -0.05) is 0 Å². The summed E-state index contributed by atoms with van der Waals surface area (Å²) in [5.74, 6) is -2.10. The van der Waals surface area contributed by atoms with E-state index in [4.69, 9.17) is 0 Å². The third kappa shape index (κ3) is 2.00. The van der Waals surface area contributed by atoms with Gasteiger partial charge < -0.3 is 4.90 Å². The van der Waals surface area contributed by atoms with Gasteiger partial charge in [-0.15, -0.1) is 0 Å². The van der Waals surface area contributed by atoms with Crippen molar-refractivity contribution in [1.29, 1.82) is 0 Å². The first-order valence-electron chi connectivity index (χ1n) is 4.17. The van der Waals surface area contributed by atoms with Crippen LogP contribution >= 0.6 is 15.9 Å². The molecule has 1 aliphatic rings. The predicted molar refractivity (Wildman–Crippen MR) is 51.5 cm³/mol. The maximum absolute atomic E-state index is 12.9. The molecule has 1 aromatic heterocycles.